The first kappa shape index (κ1) is 16.5. The highest BCUT2D eigenvalue weighted by molar-refractivity contribution is 14.1. The highest BCUT2D eigenvalue weighted by Crippen LogP contribution is 2.22. The molecule has 21 heavy (non-hydrogen) atoms. The van der Waals surface area contributed by atoms with E-state index in [9.17, 15) is 4.79 Å². The number of rotatable bonds is 4. The maximum atomic E-state index is 12.5. The summed E-state index contributed by atoms with van der Waals surface area (Å²) < 4.78 is 1.86. The smallest absolute Gasteiger partial charge is 0.252 e. The average Bonchev–Trinajstić information content (AvgIpc) is 2.48. The molecule has 2 nitrogen and oxygen atoms in total. The Kier molecular flexibility index (Phi) is 5.81. The quantitative estimate of drug-likeness (QED) is 0.624. The summed E-state index contributed by atoms with van der Waals surface area (Å²) in [7, 11) is 0. The molecule has 0 radical (unpaired) electrons. The molecule has 0 fully saturated rings. The lowest BCUT2D eigenvalue weighted by atomic mass is 10.0. The van der Waals surface area contributed by atoms with Gasteiger partial charge < -0.3 is 5.32 Å². The van der Waals surface area contributed by atoms with E-state index in [1.54, 1.807) is 0 Å². The SMILES string of the molecule is CCC(NC(=O)c1cc(I)ccc1Br)c1ccc(C)cc1. The highest BCUT2D eigenvalue weighted by Gasteiger charge is 2.16. The summed E-state index contributed by atoms with van der Waals surface area (Å²) in [5, 5.41) is 3.11. The van der Waals surface area contributed by atoms with E-state index in [4.69, 9.17) is 0 Å². The van der Waals surface area contributed by atoms with Crippen LogP contribution in [0.1, 0.15) is 40.9 Å². The highest BCUT2D eigenvalue weighted by atomic mass is 127. The molecule has 2 aromatic carbocycles. The van der Waals surface area contributed by atoms with E-state index >= 15 is 0 Å². The van der Waals surface area contributed by atoms with Crippen LogP contribution in [0.25, 0.3) is 0 Å². The van der Waals surface area contributed by atoms with Crippen LogP contribution < -0.4 is 5.32 Å². The molecular weight excluding hydrogens is 441 g/mol. The fraction of sp³-hybridized carbons (Fsp3) is 0.235. The molecule has 2 aromatic rings. The van der Waals surface area contributed by atoms with E-state index in [1.165, 1.54) is 5.56 Å². The second-order valence-electron chi connectivity index (χ2n) is 4.97. The standard InChI is InChI=1S/C17H17BrINO/c1-3-16(12-6-4-11(2)5-7-12)20-17(21)14-10-13(19)8-9-15(14)18/h4-10,16H,3H2,1-2H3,(H,20,21). The van der Waals surface area contributed by atoms with Gasteiger partial charge in [-0.2, -0.15) is 0 Å². The Hall–Kier alpha value is -0.880. The van der Waals surface area contributed by atoms with Crippen LogP contribution in [-0.4, -0.2) is 5.91 Å². The second kappa shape index (κ2) is 7.40. The Labute approximate surface area is 147 Å². The van der Waals surface area contributed by atoms with Crippen molar-refractivity contribution in [2.75, 3.05) is 0 Å². The third-order valence-electron chi connectivity index (χ3n) is 3.37. The minimum Gasteiger partial charge on any atom is -0.345 e. The zero-order valence-electron chi connectivity index (χ0n) is 12.0. The molecule has 0 heterocycles. The van der Waals surface area contributed by atoms with Crippen LogP contribution in [0.5, 0.6) is 0 Å². The summed E-state index contributed by atoms with van der Waals surface area (Å²) in [6, 6.07) is 14.1. The van der Waals surface area contributed by atoms with Gasteiger partial charge >= 0.3 is 0 Å². The molecule has 0 saturated carbocycles. The summed E-state index contributed by atoms with van der Waals surface area (Å²) >= 11 is 5.66. The van der Waals surface area contributed by atoms with E-state index in [1.807, 2.05) is 18.2 Å². The van der Waals surface area contributed by atoms with Crippen LogP contribution in [0.2, 0.25) is 0 Å². The van der Waals surface area contributed by atoms with Crippen molar-refractivity contribution in [3.8, 4) is 0 Å². The van der Waals surface area contributed by atoms with E-state index in [-0.39, 0.29) is 11.9 Å². The molecule has 2 rings (SSSR count). The summed E-state index contributed by atoms with van der Waals surface area (Å²) in [6.45, 7) is 4.14. The van der Waals surface area contributed by atoms with Crippen molar-refractivity contribution in [3.05, 3.63) is 67.2 Å². The van der Waals surface area contributed by atoms with Gasteiger partial charge in [-0.3, -0.25) is 4.79 Å². The number of amides is 1. The number of benzene rings is 2. The van der Waals surface area contributed by atoms with E-state index < -0.39 is 0 Å². The van der Waals surface area contributed by atoms with Crippen molar-refractivity contribution in [2.24, 2.45) is 0 Å². The van der Waals surface area contributed by atoms with E-state index in [0.29, 0.717) is 5.56 Å². The van der Waals surface area contributed by atoms with Gasteiger partial charge in [-0.25, -0.2) is 0 Å². The van der Waals surface area contributed by atoms with Crippen molar-refractivity contribution >= 4 is 44.4 Å². The van der Waals surface area contributed by atoms with Gasteiger partial charge in [-0.1, -0.05) is 36.8 Å². The molecule has 1 amide bonds. The predicted molar refractivity (Wildman–Crippen MR) is 98.5 cm³/mol. The fourth-order valence-corrected chi connectivity index (χ4v) is 3.05. The van der Waals surface area contributed by atoms with Crippen LogP contribution in [0.4, 0.5) is 0 Å². The molecule has 4 heteroatoms. The maximum Gasteiger partial charge on any atom is 0.252 e. The molecule has 1 atom stereocenters. The molecule has 110 valence electrons. The number of halogens is 2. The Morgan fingerprint density at radius 3 is 2.52 bits per heavy atom. The zero-order chi connectivity index (χ0) is 15.4. The number of carbonyl (C=O) groups is 1. The summed E-state index contributed by atoms with van der Waals surface area (Å²) in [5.41, 5.74) is 3.03. The first-order chi connectivity index (χ1) is 10.0. The lowest BCUT2D eigenvalue weighted by Crippen LogP contribution is -2.28. The molecule has 0 aromatic heterocycles. The monoisotopic (exact) mass is 457 g/mol. The van der Waals surface area contributed by atoms with Crippen LogP contribution in [0.3, 0.4) is 0 Å². The Bertz CT molecular complexity index is 640. The molecule has 1 N–H and O–H groups in total. The van der Waals surface area contributed by atoms with Gasteiger partial charge in [0.1, 0.15) is 0 Å². The first-order valence-electron chi connectivity index (χ1n) is 6.83. The third kappa shape index (κ3) is 4.30. The predicted octanol–water partition coefficient (Wildman–Crippen LogP) is 5.24. The number of hydrogen-bond donors (Lipinski definition) is 1. The van der Waals surface area contributed by atoms with Gasteiger partial charge in [-0.05, 0) is 75.6 Å². The van der Waals surface area contributed by atoms with Crippen molar-refractivity contribution in [1.82, 2.24) is 5.32 Å². The Morgan fingerprint density at radius 2 is 1.90 bits per heavy atom. The normalized spacial score (nSPS) is 12.0. The van der Waals surface area contributed by atoms with Crippen molar-refractivity contribution in [2.45, 2.75) is 26.3 Å². The number of nitrogens with one attached hydrogen (secondary N) is 1. The maximum absolute atomic E-state index is 12.5. The van der Waals surface area contributed by atoms with Crippen LogP contribution >= 0.6 is 38.5 Å². The minimum atomic E-state index is -0.0483. The number of carbonyl (C=O) groups excluding carboxylic acids is 1. The van der Waals surface area contributed by atoms with Crippen LogP contribution in [-0.2, 0) is 0 Å². The molecule has 0 aliphatic heterocycles. The van der Waals surface area contributed by atoms with Gasteiger partial charge in [-0.15, -0.1) is 0 Å². The van der Waals surface area contributed by atoms with Crippen molar-refractivity contribution in [3.63, 3.8) is 0 Å². The largest absolute Gasteiger partial charge is 0.345 e. The molecular formula is C17H17BrINO. The van der Waals surface area contributed by atoms with E-state index in [0.717, 1.165) is 20.0 Å². The van der Waals surface area contributed by atoms with Gasteiger partial charge in [0.05, 0.1) is 11.6 Å². The summed E-state index contributed by atoms with van der Waals surface area (Å²) in [6.07, 6.45) is 0.857. The number of hydrogen-bond acceptors (Lipinski definition) is 1. The zero-order valence-corrected chi connectivity index (χ0v) is 15.7. The fourth-order valence-electron chi connectivity index (χ4n) is 2.13. The number of aryl methyl sites for hydroxylation is 1. The average molecular weight is 458 g/mol. The summed E-state index contributed by atoms with van der Waals surface area (Å²) in [4.78, 5) is 12.5. The van der Waals surface area contributed by atoms with Crippen LogP contribution in [0.15, 0.2) is 46.9 Å². The lowest BCUT2D eigenvalue weighted by molar-refractivity contribution is 0.0934. The minimum absolute atomic E-state index is 0.0304. The molecule has 0 bridgehead atoms. The molecule has 0 saturated heterocycles. The first-order valence-corrected chi connectivity index (χ1v) is 8.71. The van der Waals surface area contributed by atoms with E-state index in [2.05, 4.69) is 82.0 Å². The second-order valence-corrected chi connectivity index (χ2v) is 7.07. The lowest BCUT2D eigenvalue weighted by Gasteiger charge is -2.18. The van der Waals surface area contributed by atoms with Gasteiger partial charge in [0, 0.05) is 8.04 Å². The van der Waals surface area contributed by atoms with Crippen LogP contribution in [0, 0.1) is 10.5 Å². The third-order valence-corrected chi connectivity index (χ3v) is 4.73. The molecule has 0 aliphatic rings. The summed E-state index contributed by atoms with van der Waals surface area (Å²) in [5.74, 6) is -0.0483. The molecule has 0 spiro atoms. The van der Waals surface area contributed by atoms with Gasteiger partial charge in [0.25, 0.3) is 5.91 Å². The molecule has 1 unspecified atom stereocenters. The Balaban J connectivity index is 2.20. The van der Waals surface area contributed by atoms with Gasteiger partial charge in [0.2, 0.25) is 0 Å². The van der Waals surface area contributed by atoms with Crippen molar-refractivity contribution in [1.29, 1.82) is 0 Å². The topological polar surface area (TPSA) is 29.1 Å². The van der Waals surface area contributed by atoms with Crippen molar-refractivity contribution < 1.29 is 4.79 Å². The van der Waals surface area contributed by atoms with Gasteiger partial charge in [0.15, 0.2) is 0 Å². The Morgan fingerprint density at radius 1 is 1.24 bits per heavy atom. The molecule has 0 aliphatic carbocycles.